The molecule has 27 heavy (non-hydrogen) atoms. The normalized spacial score (nSPS) is 16.8. The molecule has 0 radical (unpaired) electrons. The number of hydrogen-bond donors (Lipinski definition) is 0. The van der Waals surface area contributed by atoms with Gasteiger partial charge in [-0.2, -0.15) is 4.31 Å². The number of piperidine rings is 1. The Morgan fingerprint density at radius 3 is 2.48 bits per heavy atom. The van der Waals surface area contributed by atoms with Gasteiger partial charge in [0.1, 0.15) is 11.6 Å². The molecule has 0 aliphatic carbocycles. The summed E-state index contributed by atoms with van der Waals surface area (Å²) in [5.41, 5.74) is 0.979. The van der Waals surface area contributed by atoms with Gasteiger partial charge in [0.05, 0.1) is 12.7 Å². The van der Waals surface area contributed by atoms with E-state index in [0.717, 1.165) is 23.8 Å². The summed E-state index contributed by atoms with van der Waals surface area (Å²) in [6.07, 6.45) is 2.41. The second kappa shape index (κ2) is 8.73. The summed E-state index contributed by atoms with van der Waals surface area (Å²) >= 11 is 0. The van der Waals surface area contributed by atoms with Gasteiger partial charge in [-0.25, -0.2) is 17.2 Å². The average molecular weight is 393 g/mol. The molecule has 3 rings (SSSR count). The fourth-order valence-corrected chi connectivity index (χ4v) is 4.15. The number of hydrogen-bond acceptors (Lipinski definition) is 3. The van der Waals surface area contributed by atoms with Crippen LogP contribution in [0.2, 0.25) is 0 Å². The Hall–Kier alpha value is -2.09. The van der Waals surface area contributed by atoms with Crippen LogP contribution < -0.4 is 0 Å². The van der Waals surface area contributed by atoms with Gasteiger partial charge in [0, 0.05) is 24.1 Å². The molecule has 2 aromatic carbocycles. The molecule has 1 aliphatic rings. The van der Waals surface area contributed by atoms with Crippen LogP contribution in [0.1, 0.15) is 24.0 Å². The lowest BCUT2D eigenvalue weighted by atomic mass is 10.1. The first kappa shape index (κ1) is 19.7. The minimum Gasteiger partial charge on any atom is -0.373 e. The van der Waals surface area contributed by atoms with Gasteiger partial charge in [-0.3, -0.25) is 0 Å². The Kier molecular flexibility index (Phi) is 6.36. The first-order chi connectivity index (χ1) is 12.9. The van der Waals surface area contributed by atoms with Gasteiger partial charge in [-0.1, -0.05) is 30.3 Å². The minimum atomic E-state index is -3.50. The molecule has 2 aromatic rings. The summed E-state index contributed by atoms with van der Waals surface area (Å²) in [6, 6.07) is 12.5. The van der Waals surface area contributed by atoms with Gasteiger partial charge >= 0.3 is 0 Å². The lowest BCUT2D eigenvalue weighted by molar-refractivity contribution is 0.00906. The number of halogens is 2. The van der Waals surface area contributed by atoms with Crippen LogP contribution in [-0.2, 0) is 21.4 Å². The van der Waals surface area contributed by atoms with E-state index in [2.05, 4.69) is 0 Å². The number of sulfonamides is 1. The third-order valence-corrected chi connectivity index (χ3v) is 6.04. The molecule has 0 unspecified atom stereocenters. The van der Waals surface area contributed by atoms with Crippen LogP contribution in [0.4, 0.5) is 8.78 Å². The fraction of sp³-hybridized carbons (Fsp3) is 0.300. The third kappa shape index (κ3) is 5.45. The molecular formula is C20H21F2NO3S. The van der Waals surface area contributed by atoms with Gasteiger partial charge in [0.2, 0.25) is 10.0 Å². The second-order valence-corrected chi connectivity index (χ2v) is 8.22. The van der Waals surface area contributed by atoms with E-state index in [0.29, 0.717) is 25.9 Å². The summed E-state index contributed by atoms with van der Waals surface area (Å²) < 4.78 is 58.7. The van der Waals surface area contributed by atoms with Crippen LogP contribution in [0.25, 0.3) is 6.08 Å². The van der Waals surface area contributed by atoms with E-state index >= 15 is 0 Å². The van der Waals surface area contributed by atoms with E-state index in [4.69, 9.17) is 4.74 Å². The van der Waals surface area contributed by atoms with Crippen LogP contribution >= 0.6 is 0 Å². The smallest absolute Gasteiger partial charge is 0.236 e. The standard InChI is InChI=1S/C20H21F2NO3S/c21-18-6-7-20(22)17(14-18)15-26-19-8-11-23(12-9-19)27(24,25)13-10-16-4-2-1-3-5-16/h1-7,10,13-14,19H,8-9,11-12,15H2/b13-10+. The molecule has 1 heterocycles. The monoisotopic (exact) mass is 393 g/mol. The number of benzene rings is 2. The maximum absolute atomic E-state index is 13.6. The van der Waals surface area contributed by atoms with Gasteiger partial charge in [-0.05, 0) is 42.7 Å². The van der Waals surface area contributed by atoms with Gasteiger partial charge in [-0.15, -0.1) is 0 Å². The molecule has 0 aromatic heterocycles. The lowest BCUT2D eigenvalue weighted by Gasteiger charge is -2.30. The summed E-state index contributed by atoms with van der Waals surface area (Å²) in [4.78, 5) is 0. The third-order valence-electron chi connectivity index (χ3n) is 4.48. The van der Waals surface area contributed by atoms with Crippen molar-refractivity contribution in [1.29, 1.82) is 0 Å². The van der Waals surface area contributed by atoms with Gasteiger partial charge < -0.3 is 4.74 Å². The zero-order valence-corrected chi connectivity index (χ0v) is 15.5. The molecule has 7 heteroatoms. The van der Waals surface area contributed by atoms with E-state index in [-0.39, 0.29) is 18.3 Å². The number of rotatable bonds is 6. The second-order valence-electron chi connectivity index (χ2n) is 6.40. The quantitative estimate of drug-likeness (QED) is 0.747. The SMILES string of the molecule is O=S(=O)(/C=C/c1ccccc1)N1CCC(OCc2cc(F)ccc2F)CC1. The highest BCUT2D eigenvalue weighted by atomic mass is 32.2. The van der Waals surface area contributed by atoms with Crippen molar-refractivity contribution < 1.29 is 21.9 Å². The first-order valence-electron chi connectivity index (χ1n) is 8.73. The van der Waals surface area contributed by atoms with Crippen molar-refractivity contribution in [3.8, 4) is 0 Å². The highest BCUT2D eigenvalue weighted by Crippen LogP contribution is 2.20. The van der Waals surface area contributed by atoms with E-state index in [1.54, 1.807) is 6.08 Å². The molecule has 1 saturated heterocycles. The van der Waals surface area contributed by atoms with Crippen LogP contribution in [0.3, 0.4) is 0 Å². The summed E-state index contributed by atoms with van der Waals surface area (Å²) in [7, 11) is -3.50. The molecule has 4 nitrogen and oxygen atoms in total. The Bertz CT molecular complexity index is 893. The van der Waals surface area contributed by atoms with Crippen molar-refractivity contribution in [3.05, 3.63) is 76.7 Å². The van der Waals surface area contributed by atoms with Crippen molar-refractivity contribution >= 4 is 16.1 Å². The lowest BCUT2D eigenvalue weighted by Crippen LogP contribution is -2.39. The molecule has 144 valence electrons. The molecule has 0 N–H and O–H groups in total. The molecule has 0 amide bonds. The minimum absolute atomic E-state index is 0.0328. The van der Waals surface area contributed by atoms with E-state index in [1.807, 2.05) is 30.3 Å². The van der Waals surface area contributed by atoms with E-state index in [9.17, 15) is 17.2 Å². The molecule has 0 atom stereocenters. The highest BCUT2D eigenvalue weighted by Gasteiger charge is 2.26. The maximum atomic E-state index is 13.6. The summed E-state index contributed by atoms with van der Waals surface area (Å²) in [5.74, 6) is -1.02. The summed E-state index contributed by atoms with van der Waals surface area (Å²) in [5, 5.41) is 1.21. The van der Waals surface area contributed by atoms with Crippen molar-refractivity contribution in [2.45, 2.75) is 25.6 Å². The predicted octanol–water partition coefficient (Wildman–Crippen LogP) is 3.95. The molecule has 0 saturated carbocycles. The van der Waals surface area contributed by atoms with Crippen molar-refractivity contribution in [2.24, 2.45) is 0 Å². The Balaban J connectivity index is 1.52. The molecular weight excluding hydrogens is 372 g/mol. The Morgan fingerprint density at radius 1 is 1.07 bits per heavy atom. The van der Waals surface area contributed by atoms with Crippen LogP contribution in [-0.4, -0.2) is 31.9 Å². The summed E-state index contributed by atoms with van der Waals surface area (Å²) in [6.45, 7) is 0.629. The molecule has 0 bridgehead atoms. The fourth-order valence-electron chi connectivity index (χ4n) is 2.93. The van der Waals surface area contributed by atoms with Crippen molar-refractivity contribution in [1.82, 2.24) is 4.31 Å². The zero-order valence-electron chi connectivity index (χ0n) is 14.7. The largest absolute Gasteiger partial charge is 0.373 e. The Labute approximate surface area is 158 Å². The topological polar surface area (TPSA) is 46.6 Å². The predicted molar refractivity (Wildman–Crippen MR) is 100 cm³/mol. The molecule has 0 spiro atoms. The van der Waals surface area contributed by atoms with E-state index < -0.39 is 21.7 Å². The number of nitrogens with zero attached hydrogens (tertiary/aromatic N) is 1. The Morgan fingerprint density at radius 2 is 1.78 bits per heavy atom. The van der Waals surface area contributed by atoms with Crippen molar-refractivity contribution in [3.63, 3.8) is 0 Å². The van der Waals surface area contributed by atoms with Crippen LogP contribution in [0.15, 0.2) is 53.9 Å². The number of ether oxygens (including phenoxy) is 1. The molecule has 1 fully saturated rings. The van der Waals surface area contributed by atoms with Crippen LogP contribution in [0, 0.1) is 11.6 Å². The molecule has 1 aliphatic heterocycles. The highest BCUT2D eigenvalue weighted by molar-refractivity contribution is 7.92. The maximum Gasteiger partial charge on any atom is 0.236 e. The van der Waals surface area contributed by atoms with E-state index in [1.165, 1.54) is 9.71 Å². The zero-order chi connectivity index (χ0) is 19.3. The van der Waals surface area contributed by atoms with Gasteiger partial charge in [0.25, 0.3) is 0 Å². The van der Waals surface area contributed by atoms with Gasteiger partial charge in [0.15, 0.2) is 0 Å². The van der Waals surface area contributed by atoms with Crippen LogP contribution in [0.5, 0.6) is 0 Å². The average Bonchev–Trinajstić information content (AvgIpc) is 2.68. The first-order valence-corrected chi connectivity index (χ1v) is 10.2. The van der Waals surface area contributed by atoms with Crippen molar-refractivity contribution in [2.75, 3.05) is 13.1 Å².